The Bertz CT molecular complexity index is 983. The molecule has 0 spiro atoms. The molecule has 1 fully saturated rings. The molecular formula is C28H41NO6. The summed E-state index contributed by atoms with van der Waals surface area (Å²) in [5.74, 6) is -1.60. The number of fused-ring (bicyclic) bond motifs is 2. The van der Waals surface area contributed by atoms with Gasteiger partial charge in [0.05, 0.1) is 17.5 Å². The van der Waals surface area contributed by atoms with Gasteiger partial charge in [0.25, 0.3) is 5.91 Å². The van der Waals surface area contributed by atoms with Crippen LogP contribution in [-0.2, 0) is 14.3 Å². The molecule has 0 bridgehead atoms. The van der Waals surface area contributed by atoms with Crippen molar-refractivity contribution in [2.75, 3.05) is 6.54 Å². The van der Waals surface area contributed by atoms with Crippen LogP contribution in [0, 0.1) is 5.92 Å². The SMILES string of the molecule is CC(C)=CCC/C(C)=C/CCC1(C)OC2C(=C(O)CC3=C2CN(C(C(=O)O)C(C)C)C3=O)CC1O. The molecule has 1 saturated heterocycles. The van der Waals surface area contributed by atoms with Crippen molar-refractivity contribution in [3.05, 3.63) is 45.8 Å². The highest BCUT2D eigenvalue weighted by molar-refractivity contribution is 6.00. The molecule has 4 unspecified atom stereocenters. The van der Waals surface area contributed by atoms with Gasteiger partial charge in [0, 0.05) is 30.5 Å². The second-order valence-corrected chi connectivity index (χ2v) is 11.1. The van der Waals surface area contributed by atoms with Crippen molar-refractivity contribution in [1.82, 2.24) is 4.90 Å². The molecule has 0 radical (unpaired) electrons. The van der Waals surface area contributed by atoms with Crippen LogP contribution in [-0.4, -0.2) is 62.5 Å². The molecule has 3 aliphatic rings. The molecule has 4 atom stereocenters. The summed E-state index contributed by atoms with van der Waals surface area (Å²) in [6, 6.07) is -0.946. The zero-order valence-electron chi connectivity index (χ0n) is 21.9. The Morgan fingerprint density at radius 1 is 1.20 bits per heavy atom. The summed E-state index contributed by atoms with van der Waals surface area (Å²) in [4.78, 5) is 26.5. The molecular weight excluding hydrogens is 446 g/mol. The number of hydrogen-bond donors (Lipinski definition) is 3. The number of amides is 1. The number of carbonyl (C=O) groups excluding carboxylic acids is 1. The van der Waals surface area contributed by atoms with Gasteiger partial charge in [-0.3, -0.25) is 4.79 Å². The highest BCUT2D eigenvalue weighted by Crippen LogP contribution is 2.46. The van der Waals surface area contributed by atoms with E-state index < -0.39 is 29.8 Å². The Labute approximate surface area is 208 Å². The van der Waals surface area contributed by atoms with Crippen molar-refractivity contribution in [2.45, 2.75) is 104 Å². The number of aliphatic hydroxyl groups is 2. The monoisotopic (exact) mass is 487 g/mol. The van der Waals surface area contributed by atoms with Crippen LogP contribution in [0.15, 0.2) is 45.8 Å². The molecule has 194 valence electrons. The third kappa shape index (κ3) is 5.72. The van der Waals surface area contributed by atoms with Gasteiger partial charge in [-0.15, -0.1) is 0 Å². The lowest BCUT2D eigenvalue weighted by molar-refractivity contribution is -0.155. The number of aliphatic hydroxyl groups excluding tert-OH is 2. The summed E-state index contributed by atoms with van der Waals surface area (Å²) in [5.41, 5.74) is 3.51. The van der Waals surface area contributed by atoms with E-state index in [1.54, 1.807) is 13.8 Å². The van der Waals surface area contributed by atoms with Gasteiger partial charge in [0.15, 0.2) is 0 Å². The third-order valence-corrected chi connectivity index (χ3v) is 7.55. The molecule has 0 aromatic rings. The first kappa shape index (κ1) is 27.2. The van der Waals surface area contributed by atoms with Crippen LogP contribution < -0.4 is 0 Å². The smallest absolute Gasteiger partial charge is 0.326 e. The third-order valence-electron chi connectivity index (χ3n) is 7.55. The first-order valence-electron chi connectivity index (χ1n) is 12.7. The number of ether oxygens (including phenoxy) is 1. The molecule has 0 saturated carbocycles. The molecule has 2 aliphatic heterocycles. The highest BCUT2D eigenvalue weighted by Gasteiger charge is 2.51. The van der Waals surface area contributed by atoms with E-state index in [9.17, 15) is 24.9 Å². The number of carboxylic acid groups (broad SMARTS) is 1. The molecule has 3 rings (SSSR count). The predicted octanol–water partition coefficient (Wildman–Crippen LogP) is 4.83. The Hall–Kier alpha value is -2.38. The van der Waals surface area contributed by atoms with E-state index in [0.29, 0.717) is 17.6 Å². The van der Waals surface area contributed by atoms with Crippen LogP contribution in [0.5, 0.6) is 0 Å². The second-order valence-electron chi connectivity index (χ2n) is 11.1. The Balaban J connectivity index is 1.77. The van der Waals surface area contributed by atoms with Crippen molar-refractivity contribution in [3.63, 3.8) is 0 Å². The summed E-state index contributed by atoms with van der Waals surface area (Å²) in [5, 5.41) is 31.4. The molecule has 7 nitrogen and oxygen atoms in total. The van der Waals surface area contributed by atoms with Gasteiger partial charge >= 0.3 is 5.97 Å². The Morgan fingerprint density at radius 3 is 2.49 bits per heavy atom. The van der Waals surface area contributed by atoms with Crippen LogP contribution >= 0.6 is 0 Å². The molecule has 1 aliphatic carbocycles. The predicted molar refractivity (Wildman–Crippen MR) is 135 cm³/mol. The zero-order valence-corrected chi connectivity index (χ0v) is 21.9. The van der Waals surface area contributed by atoms with E-state index in [4.69, 9.17) is 4.74 Å². The molecule has 1 amide bonds. The largest absolute Gasteiger partial charge is 0.512 e. The average Bonchev–Trinajstić information content (AvgIpc) is 3.05. The summed E-state index contributed by atoms with van der Waals surface area (Å²) < 4.78 is 6.48. The van der Waals surface area contributed by atoms with E-state index in [0.717, 1.165) is 24.8 Å². The maximum absolute atomic E-state index is 13.2. The fourth-order valence-corrected chi connectivity index (χ4v) is 5.40. The number of rotatable bonds is 9. The van der Waals surface area contributed by atoms with Crippen molar-refractivity contribution in [3.8, 4) is 0 Å². The number of allylic oxidation sites excluding steroid dienone is 5. The van der Waals surface area contributed by atoms with Crippen LogP contribution in [0.3, 0.4) is 0 Å². The van der Waals surface area contributed by atoms with E-state index >= 15 is 0 Å². The van der Waals surface area contributed by atoms with Crippen LogP contribution in [0.4, 0.5) is 0 Å². The van der Waals surface area contributed by atoms with E-state index in [2.05, 4.69) is 32.9 Å². The molecule has 2 heterocycles. The van der Waals surface area contributed by atoms with Crippen molar-refractivity contribution in [2.24, 2.45) is 5.92 Å². The zero-order chi connectivity index (χ0) is 26.1. The van der Waals surface area contributed by atoms with Gasteiger partial charge in [-0.1, -0.05) is 37.1 Å². The second kappa shape index (κ2) is 10.7. The lowest BCUT2D eigenvalue weighted by Crippen LogP contribution is -2.52. The highest BCUT2D eigenvalue weighted by atomic mass is 16.5. The van der Waals surface area contributed by atoms with E-state index in [1.807, 2.05) is 6.92 Å². The quantitative estimate of drug-likeness (QED) is 0.402. The van der Waals surface area contributed by atoms with Crippen LogP contribution in [0.2, 0.25) is 0 Å². The number of carbonyl (C=O) groups is 2. The maximum Gasteiger partial charge on any atom is 0.326 e. The van der Waals surface area contributed by atoms with Gasteiger partial charge in [-0.05, 0) is 64.9 Å². The van der Waals surface area contributed by atoms with E-state index in [1.165, 1.54) is 16.0 Å². The fourth-order valence-electron chi connectivity index (χ4n) is 5.40. The number of aliphatic carboxylic acids is 1. The minimum Gasteiger partial charge on any atom is -0.512 e. The molecule has 0 aromatic heterocycles. The van der Waals surface area contributed by atoms with Crippen molar-refractivity contribution >= 4 is 11.9 Å². The number of nitrogens with zero attached hydrogens (tertiary/aromatic N) is 1. The topological polar surface area (TPSA) is 107 Å². The summed E-state index contributed by atoms with van der Waals surface area (Å²) in [6.45, 7) is 11.9. The molecule has 3 N–H and O–H groups in total. The normalized spacial score (nSPS) is 27.8. The maximum atomic E-state index is 13.2. The lowest BCUT2D eigenvalue weighted by Gasteiger charge is -2.45. The Kier molecular flexibility index (Phi) is 8.32. The van der Waals surface area contributed by atoms with Crippen LogP contribution in [0.25, 0.3) is 0 Å². The van der Waals surface area contributed by atoms with E-state index in [-0.39, 0.29) is 37.0 Å². The first-order valence-corrected chi connectivity index (χ1v) is 12.7. The van der Waals surface area contributed by atoms with Crippen molar-refractivity contribution < 1.29 is 29.6 Å². The number of carboxylic acids is 1. The summed E-state index contributed by atoms with van der Waals surface area (Å²) >= 11 is 0. The molecule has 0 aromatic carbocycles. The van der Waals surface area contributed by atoms with Gasteiger partial charge in [0.2, 0.25) is 0 Å². The average molecular weight is 488 g/mol. The van der Waals surface area contributed by atoms with Crippen molar-refractivity contribution in [1.29, 1.82) is 0 Å². The minimum absolute atomic E-state index is 0.0523. The summed E-state index contributed by atoms with van der Waals surface area (Å²) in [6.07, 6.45) is 6.68. The summed E-state index contributed by atoms with van der Waals surface area (Å²) in [7, 11) is 0. The molecule has 7 heteroatoms. The first-order chi connectivity index (χ1) is 16.4. The van der Waals surface area contributed by atoms with Crippen LogP contribution in [0.1, 0.15) is 80.1 Å². The fraction of sp³-hybridized carbons (Fsp3) is 0.643. The molecule has 35 heavy (non-hydrogen) atoms. The van der Waals surface area contributed by atoms with Gasteiger partial charge in [-0.25, -0.2) is 4.79 Å². The number of hydrogen-bond acceptors (Lipinski definition) is 5. The standard InChI is InChI=1S/C28H41NO6/c1-16(2)9-7-10-18(5)11-8-12-28(6)23(31)14-20-22(30)13-19-21(25(20)35-28)15-29(26(19)32)24(17(3)4)27(33)34/h9,11,17,23-25,30-31H,7-8,10,12-15H2,1-6H3,(H,33,34)/b18-11+. The van der Waals surface area contributed by atoms with Gasteiger partial charge in [0.1, 0.15) is 12.1 Å². The minimum atomic E-state index is -1.04. The lowest BCUT2D eigenvalue weighted by atomic mass is 9.78. The Morgan fingerprint density at radius 2 is 1.89 bits per heavy atom. The van der Waals surface area contributed by atoms with Gasteiger partial charge < -0.3 is 25.0 Å². The van der Waals surface area contributed by atoms with Gasteiger partial charge in [-0.2, -0.15) is 0 Å².